The lowest BCUT2D eigenvalue weighted by atomic mass is 9.80. The third kappa shape index (κ3) is 3.96. The summed E-state index contributed by atoms with van der Waals surface area (Å²) >= 11 is 0. The minimum atomic E-state index is -0.349. The highest BCUT2D eigenvalue weighted by Crippen LogP contribution is 2.31. The second-order valence-corrected chi connectivity index (χ2v) is 6.68. The van der Waals surface area contributed by atoms with Crippen LogP contribution in [0.2, 0.25) is 0 Å². The summed E-state index contributed by atoms with van der Waals surface area (Å²) in [5.41, 5.74) is 3.42. The van der Waals surface area contributed by atoms with Crippen LogP contribution in [0.15, 0.2) is 42.5 Å². The zero-order valence-corrected chi connectivity index (χ0v) is 15.3. The van der Waals surface area contributed by atoms with Crippen molar-refractivity contribution in [3.63, 3.8) is 0 Å². The number of aryl methyl sites for hydroxylation is 1. The minimum Gasteiger partial charge on any atom is -0.489 e. The molecule has 0 aromatic heterocycles. The first kappa shape index (κ1) is 18.2. The highest BCUT2D eigenvalue weighted by atomic mass is 16.5. The van der Waals surface area contributed by atoms with Gasteiger partial charge in [-0.1, -0.05) is 25.5 Å². The van der Waals surface area contributed by atoms with Crippen molar-refractivity contribution in [2.75, 3.05) is 7.11 Å². The Morgan fingerprint density at radius 1 is 1.15 bits per heavy atom. The predicted octanol–water partition coefficient (Wildman–Crippen LogP) is 4.60. The van der Waals surface area contributed by atoms with Gasteiger partial charge in [0, 0.05) is 11.5 Å². The fraction of sp³-hybridized carbons (Fsp3) is 0.364. The van der Waals surface area contributed by atoms with E-state index in [1.165, 1.54) is 7.11 Å². The van der Waals surface area contributed by atoms with Gasteiger partial charge in [-0.3, -0.25) is 4.79 Å². The molecule has 1 aliphatic carbocycles. The average Bonchev–Trinajstić information content (AvgIpc) is 2.68. The molecule has 0 radical (unpaired) electrons. The number of ketones is 1. The first-order valence-electron chi connectivity index (χ1n) is 9.09. The molecule has 0 saturated heterocycles. The van der Waals surface area contributed by atoms with Crippen LogP contribution in [0.25, 0.3) is 0 Å². The normalized spacial score (nSPS) is 16.1. The van der Waals surface area contributed by atoms with Crippen molar-refractivity contribution in [1.82, 2.24) is 0 Å². The number of ether oxygens (including phenoxy) is 2. The fourth-order valence-electron chi connectivity index (χ4n) is 3.43. The van der Waals surface area contributed by atoms with Gasteiger partial charge in [0.05, 0.1) is 12.7 Å². The van der Waals surface area contributed by atoms with Crippen LogP contribution in [0, 0.1) is 5.92 Å². The van der Waals surface area contributed by atoms with E-state index in [-0.39, 0.29) is 17.7 Å². The van der Waals surface area contributed by atoms with E-state index in [0.717, 1.165) is 48.1 Å². The highest BCUT2D eigenvalue weighted by Gasteiger charge is 2.26. The molecule has 0 amide bonds. The van der Waals surface area contributed by atoms with E-state index in [2.05, 4.69) is 6.92 Å². The molecule has 0 heterocycles. The number of hydrogen-bond acceptors (Lipinski definition) is 4. The van der Waals surface area contributed by atoms with Crippen molar-refractivity contribution in [1.29, 1.82) is 0 Å². The maximum absolute atomic E-state index is 12.5. The second-order valence-electron chi connectivity index (χ2n) is 6.68. The number of methoxy groups -OCH3 is 1. The number of carbonyl (C=O) groups is 2. The summed E-state index contributed by atoms with van der Waals surface area (Å²) in [6.45, 7) is 2.53. The third-order valence-electron chi connectivity index (χ3n) is 4.89. The standard InChI is InChI=1S/C22H24O4/c1-3-4-16-9-10-18-13-19(11-12-20(18)21(16)23)26-14-15-5-7-17(8-6-15)22(24)25-2/h5-8,11-13,16H,3-4,9-10,14H2,1-2H3. The van der Waals surface area contributed by atoms with Crippen LogP contribution in [0.5, 0.6) is 5.75 Å². The van der Waals surface area contributed by atoms with Crippen molar-refractivity contribution in [2.24, 2.45) is 5.92 Å². The summed E-state index contributed by atoms with van der Waals surface area (Å²) in [6, 6.07) is 12.9. The topological polar surface area (TPSA) is 52.6 Å². The summed E-state index contributed by atoms with van der Waals surface area (Å²) in [5, 5.41) is 0. The zero-order valence-electron chi connectivity index (χ0n) is 15.3. The molecule has 1 aliphatic rings. The molecule has 26 heavy (non-hydrogen) atoms. The van der Waals surface area contributed by atoms with E-state index in [1.54, 1.807) is 12.1 Å². The molecule has 0 N–H and O–H groups in total. The van der Waals surface area contributed by atoms with E-state index in [1.807, 2.05) is 30.3 Å². The Balaban J connectivity index is 1.65. The predicted molar refractivity (Wildman–Crippen MR) is 99.6 cm³/mol. The Labute approximate surface area is 154 Å². The molecule has 4 heteroatoms. The monoisotopic (exact) mass is 352 g/mol. The largest absolute Gasteiger partial charge is 0.489 e. The van der Waals surface area contributed by atoms with E-state index in [0.29, 0.717) is 12.2 Å². The summed E-state index contributed by atoms with van der Waals surface area (Å²) in [6.07, 6.45) is 3.87. The Bertz CT molecular complexity index is 792. The second kappa shape index (κ2) is 8.17. The third-order valence-corrected chi connectivity index (χ3v) is 4.89. The van der Waals surface area contributed by atoms with Crippen LogP contribution in [-0.4, -0.2) is 18.9 Å². The molecule has 4 nitrogen and oxygen atoms in total. The summed E-state index contributed by atoms with van der Waals surface area (Å²) in [5.74, 6) is 0.867. The number of rotatable bonds is 6. The Kier molecular flexibility index (Phi) is 5.71. The molecule has 0 saturated carbocycles. The zero-order chi connectivity index (χ0) is 18.5. The lowest BCUT2D eigenvalue weighted by Crippen LogP contribution is -2.22. The van der Waals surface area contributed by atoms with Gasteiger partial charge in [0.25, 0.3) is 0 Å². The first-order chi connectivity index (χ1) is 12.6. The average molecular weight is 352 g/mol. The van der Waals surface area contributed by atoms with Gasteiger partial charge in [0.2, 0.25) is 0 Å². The maximum Gasteiger partial charge on any atom is 0.337 e. The van der Waals surface area contributed by atoms with Gasteiger partial charge in [0.15, 0.2) is 5.78 Å². The number of hydrogen-bond donors (Lipinski definition) is 0. The van der Waals surface area contributed by atoms with E-state index in [9.17, 15) is 9.59 Å². The number of esters is 1. The molecular weight excluding hydrogens is 328 g/mol. The Hall–Kier alpha value is -2.62. The van der Waals surface area contributed by atoms with Gasteiger partial charge in [0.1, 0.15) is 12.4 Å². The summed E-state index contributed by atoms with van der Waals surface area (Å²) < 4.78 is 10.6. The number of fused-ring (bicyclic) bond motifs is 1. The molecule has 0 bridgehead atoms. The lowest BCUT2D eigenvalue weighted by Gasteiger charge is -2.23. The summed E-state index contributed by atoms with van der Waals surface area (Å²) in [7, 11) is 1.37. The molecular formula is C22H24O4. The van der Waals surface area contributed by atoms with Gasteiger partial charge >= 0.3 is 5.97 Å². The molecule has 0 fully saturated rings. The van der Waals surface area contributed by atoms with Crippen LogP contribution in [0.4, 0.5) is 0 Å². The van der Waals surface area contributed by atoms with Crippen LogP contribution < -0.4 is 4.74 Å². The van der Waals surface area contributed by atoms with Crippen LogP contribution >= 0.6 is 0 Å². The van der Waals surface area contributed by atoms with Gasteiger partial charge in [-0.05, 0) is 60.7 Å². The van der Waals surface area contributed by atoms with E-state index >= 15 is 0 Å². The molecule has 136 valence electrons. The van der Waals surface area contributed by atoms with Crippen molar-refractivity contribution >= 4 is 11.8 Å². The molecule has 0 aliphatic heterocycles. The molecule has 0 spiro atoms. The van der Waals surface area contributed by atoms with Crippen LogP contribution in [0.1, 0.15) is 58.0 Å². The lowest BCUT2D eigenvalue weighted by molar-refractivity contribution is 0.0600. The van der Waals surface area contributed by atoms with E-state index < -0.39 is 0 Å². The minimum absolute atomic E-state index is 0.174. The molecule has 2 aromatic rings. The van der Waals surface area contributed by atoms with E-state index in [4.69, 9.17) is 9.47 Å². The highest BCUT2D eigenvalue weighted by molar-refractivity contribution is 6.00. The van der Waals surface area contributed by atoms with Gasteiger partial charge < -0.3 is 9.47 Å². The number of benzene rings is 2. The van der Waals surface area contributed by atoms with Crippen molar-refractivity contribution < 1.29 is 19.1 Å². The molecule has 3 rings (SSSR count). The fourth-order valence-corrected chi connectivity index (χ4v) is 3.43. The quantitative estimate of drug-likeness (QED) is 0.713. The van der Waals surface area contributed by atoms with Gasteiger partial charge in [-0.15, -0.1) is 0 Å². The van der Waals surface area contributed by atoms with Crippen LogP contribution in [0.3, 0.4) is 0 Å². The maximum atomic E-state index is 12.5. The van der Waals surface area contributed by atoms with Crippen molar-refractivity contribution in [3.05, 3.63) is 64.7 Å². The Morgan fingerprint density at radius 2 is 1.92 bits per heavy atom. The molecule has 2 aromatic carbocycles. The van der Waals surface area contributed by atoms with Crippen molar-refractivity contribution in [2.45, 2.75) is 39.2 Å². The SMILES string of the molecule is CCCC1CCc2cc(OCc3ccc(C(=O)OC)cc3)ccc2C1=O. The smallest absolute Gasteiger partial charge is 0.337 e. The first-order valence-corrected chi connectivity index (χ1v) is 9.09. The Morgan fingerprint density at radius 3 is 2.62 bits per heavy atom. The summed E-state index contributed by atoms with van der Waals surface area (Å²) in [4.78, 5) is 24.0. The number of carbonyl (C=O) groups excluding carboxylic acids is 2. The van der Waals surface area contributed by atoms with Gasteiger partial charge in [-0.25, -0.2) is 4.79 Å². The molecule has 1 unspecified atom stereocenters. The molecule has 1 atom stereocenters. The van der Waals surface area contributed by atoms with Crippen molar-refractivity contribution in [3.8, 4) is 5.75 Å². The number of Topliss-reactive ketones (excluding diaryl/α,β-unsaturated/α-hetero) is 1. The van der Waals surface area contributed by atoms with Gasteiger partial charge in [-0.2, -0.15) is 0 Å². The van der Waals surface area contributed by atoms with Crippen LogP contribution in [-0.2, 0) is 17.8 Å².